The van der Waals surface area contributed by atoms with Crippen LogP contribution in [-0.2, 0) is 0 Å². The van der Waals surface area contributed by atoms with Crippen LogP contribution in [0.3, 0.4) is 0 Å². The van der Waals surface area contributed by atoms with Crippen LogP contribution in [0.5, 0.6) is 0 Å². The number of thioether (sulfide) groups is 1. The first-order valence-electron chi connectivity index (χ1n) is 2.54. The van der Waals surface area contributed by atoms with Gasteiger partial charge in [0.15, 0.2) is 0 Å². The molecule has 0 rings (SSSR count). The van der Waals surface area contributed by atoms with E-state index in [1.54, 1.807) is 11.8 Å². The summed E-state index contributed by atoms with van der Waals surface area (Å²) in [5.41, 5.74) is 0. The fourth-order valence-corrected chi connectivity index (χ4v) is 0.789. The molecule has 0 aliphatic heterocycles. The molecule has 0 saturated carbocycles. The zero-order chi connectivity index (χ0) is 6.62. The van der Waals surface area contributed by atoms with Crippen LogP contribution in [0.4, 0.5) is 0 Å². The van der Waals surface area contributed by atoms with Crippen molar-refractivity contribution in [2.75, 3.05) is 0 Å². The van der Waals surface area contributed by atoms with Gasteiger partial charge < -0.3 is 0 Å². The maximum Gasteiger partial charge on any atom is 0.0320 e. The Morgan fingerprint density at radius 1 is 1.38 bits per heavy atom. The Hall–Kier alpha value is -0.170. The lowest BCUT2D eigenvalue weighted by Crippen LogP contribution is -2.06. The lowest BCUT2D eigenvalue weighted by atomic mass is 10.2. The van der Waals surface area contributed by atoms with E-state index < -0.39 is 0 Å². The van der Waals surface area contributed by atoms with Gasteiger partial charge in [0.25, 0.3) is 0 Å². The molecule has 0 amide bonds. The molecule has 0 saturated heterocycles. The van der Waals surface area contributed by atoms with Crippen LogP contribution < -0.4 is 0 Å². The Labute approximate surface area is 55.7 Å². The topological polar surface area (TPSA) is 0 Å². The minimum absolute atomic E-state index is 0.155. The summed E-state index contributed by atoms with van der Waals surface area (Å²) >= 11 is 1.68. The highest BCUT2D eigenvalue weighted by atomic mass is 32.2. The van der Waals surface area contributed by atoms with Crippen molar-refractivity contribution in [1.29, 1.82) is 0 Å². The van der Waals surface area contributed by atoms with Crippen molar-refractivity contribution in [2.24, 2.45) is 0 Å². The third-order valence-corrected chi connectivity index (χ3v) is 1.82. The maximum absolute atomic E-state index is 3.68. The van der Waals surface area contributed by atoms with E-state index in [2.05, 4.69) is 27.0 Å². The molecule has 0 heterocycles. The summed E-state index contributed by atoms with van der Waals surface area (Å²) in [4.78, 5) is 0. The molecular formula is C7H12S. The minimum Gasteiger partial charge on any atom is -0.124 e. The second kappa shape index (κ2) is 2.98. The van der Waals surface area contributed by atoms with E-state index in [1.165, 1.54) is 0 Å². The van der Waals surface area contributed by atoms with E-state index >= 15 is 0 Å². The van der Waals surface area contributed by atoms with Gasteiger partial charge in [-0.2, -0.15) is 0 Å². The van der Waals surface area contributed by atoms with Crippen LogP contribution in [0, 0.1) is 0 Å². The Balaban J connectivity index is 3.70. The van der Waals surface area contributed by atoms with Crippen LogP contribution >= 0.6 is 11.8 Å². The lowest BCUT2D eigenvalue weighted by Gasteiger charge is -2.14. The van der Waals surface area contributed by atoms with Crippen LogP contribution in [0.1, 0.15) is 13.8 Å². The molecule has 0 spiro atoms. The molecule has 0 atom stereocenters. The first-order valence-corrected chi connectivity index (χ1v) is 3.42. The van der Waals surface area contributed by atoms with Crippen molar-refractivity contribution in [3.05, 3.63) is 24.6 Å². The van der Waals surface area contributed by atoms with Gasteiger partial charge in [0.2, 0.25) is 0 Å². The van der Waals surface area contributed by atoms with Gasteiger partial charge in [0, 0.05) is 4.75 Å². The average Bonchev–Trinajstić information content (AvgIpc) is 1.67. The van der Waals surface area contributed by atoms with E-state index in [-0.39, 0.29) is 4.75 Å². The molecule has 1 heteroatoms. The van der Waals surface area contributed by atoms with Crippen molar-refractivity contribution in [1.82, 2.24) is 0 Å². The predicted molar refractivity (Wildman–Crippen MR) is 42.1 cm³/mol. The quantitative estimate of drug-likeness (QED) is 0.527. The summed E-state index contributed by atoms with van der Waals surface area (Å²) in [5.74, 6) is 0. The zero-order valence-corrected chi connectivity index (χ0v) is 6.29. The molecule has 0 fully saturated rings. The molecule has 0 bridgehead atoms. The molecule has 0 aromatic rings. The van der Waals surface area contributed by atoms with Crippen LogP contribution in [0.25, 0.3) is 0 Å². The molecule has 0 nitrogen and oxygen atoms in total. The second-order valence-corrected chi connectivity index (χ2v) is 3.71. The minimum atomic E-state index is 0.155. The molecule has 0 N–H and O–H groups in total. The van der Waals surface area contributed by atoms with Crippen molar-refractivity contribution >= 4 is 11.8 Å². The van der Waals surface area contributed by atoms with Crippen LogP contribution in [0.15, 0.2) is 24.6 Å². The average molecular weight is 128 g/mol. The molecule has 0 aliphatic rings. The van der Waals surface area contributed by atoms with Gasteiger partial charge >= 0.3 is 0 Å². The summed E-state index contributed by atoms with van der Waals surface area (Å²) < 4.78 is 0.155. The number of hydrogen-bond acceptors (Lipinski definition) is 1. The van der Waals surface area contributed by atoms with E-state index in [0.717, 1.165) is 0 Å². The number of hydrogen-bond donors (Lipinski definition) is 0. The van der Waals surface area contributed by atoms with E-state index in [4.69, 9.17) is 0 Å². The SMILES string of the molecule is C=CSC(C)(C)C=C. The molecule has 0 unspecified atom stereocenters. The lowest BCUT2D eigenvalue weighted by molar-refractivity contribution is 0.907. The third-order valence-electron chi connectivity index (χ3n) is 0.879. The summed E-state index contributed by atoms with van der Waals surface area (Å²) in [7, 11) is 0. The highest BCUT2D eigenvalue weighted by Gasteiger charge is 2.09. The van der Waals surface area contributed by atoms with Gasteiger partial charge in [-0.3, -0.25) is 0 Å². The van der Waals surface area contributed by atoms with Crippen molar-refractivity contribution in [2.45, 2.75) is 18.6 Å². The van der Waals surface area contributed by atoms with Gasteiger partial charge in [-0.05, 0) is 19.3 Å². The predicted octanol–water partition coefficient (Wildman–Crippen LogP) is 2.83. The normalized spacial score (nSPS) is 10.8. The Morgan fingerprint density at radius 3 is 2.00 bits per heavy atom. The van der Waals surface area contributed by atoms with Crippen LogP contribution in [-0.4, -0.2) is 4.75 Å². The molecule has 0 aromatic heterocycles. The van der Waals surface area contributed by atoms with Gasteiger partial charge in [-0.25, -0.2) is 0 Å². The second-order valence-electron chi connectivity index (χ2n) is 2.09. The summed E-state index contributed by atoms with van der Waals surface area (Å²) in [6.45, 7) is 11.5. The zero-order valence-electron chi connectivity index (χ0n) is 5.48. The van der Waals surface area contributed by atoms with Crippen molar-refractivity contribution in [3.63, 3.8) is 0 Å². The fourth-order valence-electron chi connectivity index (χ4n) is 0.263. The van der Waals surface area contributed by atoms with E-state index in [9.17, 15) is 0 Å². The molecule has 0 aromatic carbocycles. The van der Waals surface area contributed by atoms with Crippen LogP contribution in [0.2, 0.25) is 0 Å². The smallest absolute Gasteiger partial charge is 0.0320 e. The van der Waals surface area contributed by atoms with Gasteiger partial charge in [0.05, 0.1) is 0 Å². The molecule has 0 radical (unpaired) electrons. The first kappa shape index (κ1) is 7.83. The fraction of sp³-hybridized carbons (Fsp3) is 0.429. The van der Waals surface area contributed by atoms with E-state index in [1.807, 2.05) is 11.5 Å². The maximum atomic E-state index is 3.68. The molecular weight excluding hydrogens is 116 g/mol. The Kier molecular flexibility index (Phi) is 2.91. The highest BCUT2D eigenvalue weighted by molar-refractivity contribution is 8.03. The molecule has 8 heavy (non-hydrogen) atoms. The third kappa shape index (κ3) is 2.92. The molecule has 0 aliphatic carbocycles. The standard InChI is InChI=1S/C7H12S/c1-5-7(3,4)8-6-2/h5-6H,1-2H2,3-4H3. The van der Waals surface area contributed by atoms with Gasteiger partial charge in [-0.1, -0.05) is 12.7 Å². The van der Waals surface area contributed by atoms with Crippen molar-refractivity contribution < 1.29 is 0 Å². The largest absolute Gasteiger partial charge is 0.124 e. The Morgan fingerprint density at radius 2 is 1.88 bits per heavy atom. The Bertz CT molecular complexity index is 92.6. The number of rotatable bonds is 3. The monoisotopic (exact) mass is 128 g/mol. The van der Waals surface area contributed by atoms with Gasteiger partial charge in [-0.15, -0.1) is 18.3 Å². The highest BCUT2D eigenvalue weighted by Crippen LogP contribution is 2.24. The summed E-state index contributed by atoms with van der Waals surface area (Å²) in [6, 6.07) is 0. The van der Waals surface area contributed by atoms with Gasteiger partial charge in [0.1, 0.15) is 0 Å². The van der Waals surface area contributed by atoms with E-state index in [0.29, 0.717) is 0 Å². The first-order chi connectivity index (χ1) is 3.62. The summed E-state index contributed by atoms with van der Waals surface area (Å²) in [5, 5.41) is 1.84. The molecule has 46 valence electrons. The summed E-state index contributed by atoms with van der Waals surface area (Å²) in [6.07, 6.45) is 1.92. The van der Waals surface area contributed by atoms with Crippen molar-refractivity contribution in [3.8, 4) is 0 Å².